The van der Waals surface area contributed by atoms with Gasteiger partial charge in [0.15, 0.2) is 0 Å². The maximum Gasteiger partial charge on any atom is 0.433 e. The lowest BCUT2D eigenvalue weighted by atomic mass is 9.83. The Morgan fingerprint density at radius 3 is 2.37 bits per heavy atom. The molecule has 0 bridgehead atoms. The van der Waals surface area contributed by atoms with Crippen molar-refractivity contribution >= 4 is 11.6 Å². The van der Waals surface area contributed by atoms with E-state index < -0.39 is 18.0 Å². The molecule has 1 N–H and O–H groups in total. The van der Waals surface area contributed by atoms with E-state index in [-0.39, 0.29) is 11.1 Å². The molecule has 1 aliphatic carbocycles. The lowest BCUT2D eigenvalue weighted by molar-refractivity contribution is -0.141. The second-order valence-corrected chi connectivity index (χ2v) is 5.28. The van der Waals surface area contributed by atoms with E-state index in [2.05, 4.69) is 4.98 Å². The summed E-state index contributed by atoms with van der Waals surface area (Å²) in [5.74, 6) is 0.0600. The number of halogens is 4. The zero-order valence-electron chi connectivity index (χ0n) is 10.3. The van der Waals surface area contributed by atoms with Crippen molar-refractivity contribution in [3.05, 3.63) is 28.5 Å². The molecule has 0 aromatic carbocycles. The molecule has 0 amide bonds. The molecule has 1 aromatic rings. The van der Waals surface area contributed by atoms with E-state index in [1.807, 2.05) is 0 Å². The Balaban J connectivity index is 2.20. The normalized spacial score (nSPS) is 19.4. The summed E-state index contributed by atoms with van der Waals surface area (Å²) in [5.41, 5.74) is -0.737. The first-order valence-corrected chi connectivity index (χ1v) is 6.69. The molecule has 1 aliphatic rings. The van der Waals surface area contributed by atoms with Crippen LogP contribution in [-0.4, -0.2) is 10.1 Å². The molecule has 2 rings (SSSR count). The van der Waals surface area contributed by atoms with Crippen molar-refractivity contribution in [1.82, 2.24) is 4.98 Å². The number of aromatic nitrogens is 1. The van der Waals surface area contributed by atoms with Gasteiger partial charge in [0.2, 0.25) is 0 Å². The molecule has 6 heteroatoms. The minimum atomic E-state index is -4.52. The largest absolute Gasteiger partial charge is 0.433 e. The number of rotatable bonds is 2. The number of pyridine rings is 1. The molecule has 1 unspecified atom stereocenters. The van der Waals surface area contributed by atoms with E-state index in [0.29, 0.717) is 5.56 Å². The molecule has 0 spiro atoms. The van der Waals surface area contributed by atoms with Gasteiger partial charge in [-0.15, -0.1) is 0 Å². The Kier molecular flexibility index (Phi) is 4.36. The fourth-order valence-electron chi connectivity index (χ4n) is 2.53. The van der Waals surface area contributed by atoms with Crippen molar-refractivity contribution in [1.29, 1.82) is 0 Å². The lowest BCUT2D eigenvalue weighted by Gasteiger charge is -2.27. The Morgan fingerprint density at radius 2 is 1.84 bits per heavy atom. The van der Waals surface area contributed by atoms with E-state index in [1.54, 1.807) is 0 Å². The fourth-order valence-corrected chi connectivity index (χ4v) is 2.79. The highest BCUT2D eigenvalue weighted by Crippen LogP contribution is 2.37. The fraction of sp³-hybridized carbons (Fsp3) is 0.615. The van der Waals surface area contributed by atoms with Crippen molar-refractivity contribution in [2.75, 3.05) is 0 Å². The summed E-state index contributed by atoms with van der Waals surface area (Å²) in [6.45, 7) is 0. The summed E-state index contributed by atoms with van der Waals surface area (Å²) in [6.07, 6.45) is -0.388. The highest BCUT2D eigenvalue weighted by atomic mass is 35.5. The van der Waals surface area contributed by atoms with Gasteiger partial charge in [-0.05, 0) is 24.8 Å². The van der Waals surface area contributed by atoms with Gasteiger partial charge in [0.05, 0.1) is 6.10 Å². The third-order valence-electron chi connectivity index (χ3n) is 3.58. The van der Waals surface area contributed by atoms with Crippen LogP contribution in [0.25, 0.3) is 0 Å². The zero-order valence-corrected chi connectivity index (χ0v) is 11.0. The summed E-state index contributed by atoms with van der Waals surface area (Å²) in [5, 5.41) is 9.96. The first-order valence-electron chi connectivity index (χ1n) is 6.31. The Labute approximate surface area is 114 Å². The highest BCUT2D eigenvalue weighted by molar-refractivity contribution is 6.30. The second kappa shape index (κ2) is 5.67. The summed E-state index contributed by atoms with van der Waals surface area (Å²) >= 11 is 5.78. The van der Waals surface area contributed by atoms with Crippen LogP contribution < -0.4 is 0 Å². The van der Waals surface area contributed by atoms with Crippen LogP contribution in [-0.2, 0) is 6.18 Å². The molecule has 1 atom stereocenters. The van der Waals surface area contributed by atoms with Gasteiger partial charge in [0.1, 0.15) is 10.8 Å². The third-order valence-corrected chi connectivity index (χ3v) is 3.89. The van der Waals surface area contributed by atoms with Gasteiger partial charge in [0.25, 0.3) is 0 Å². The lowest BCUT2D eigenvalue weighted by Crippen LogP contribution is -2.17. The van der Waals surface area contributed by atoms with Crippen LogP contribution in [0.5, 0.6) is 0 Å². The van der Waals surface area contributed by atoms with E-state index in [9.17, 15) is 18.3 Å². The van der Waals surface area contributed by atoms with Crippen molar-refractivity contribution in [3.8, 4) is 0 Å². The summed E-state index contributed by atoms with van der Waals surface area (Å²) in [4.78, 5) is 3.34. The van der Waals surface area contributed by atoms with Gasteiger partial charge in [-0.2, -0.15) is 13.2 Å². The summed E-state index contributed by atoms with van der Waals surface area (Å²) < 4.78 is 37.4. The molecule has 2 nitrogen and oxygen atoms in total. The standard InChI is InChI=1S/C13H15ClF3NO/c14-12-9(6-7-10(18-12)13(15,16)17)11(19)8-4-2-1-3-5-8/h6-8,11,19H,1-5H2. The second-order valence-electron chi connectivity index (χ2n) is 4.92. The van der Waals surface area contributed by atoms with Crippen molar-refractivity contribution in [2.24, 2.45) is 5.92 Å². The molecule has 0 aliphatic heterocycles. The van der Waals surface area contributed by atoms with Gasteiger partial charge in [0, 0.05) is 5.56 Å². The Hall–Kier alpha value is -0.810. The Morgan fingerprint density at radius 1 is 1.21 bits per heavy atom. The van der Waals surface area contributed by atoms with Gasteiger partial charge < -0.3 is 5.11 Å². The average Bonchev–Trinajstić information content (AvgIpc) is 2.38. The number of hydrogen-bond donors (Lipinski definition) is 1. The van der Waals surface area contributed by atoms with Crippen molar-refractivity contribution < 1.29 is 18.3 Å². The topological polar surface area (TPSA) is 33.1 Å². The average molecular weight is 294 g/mol. The van der Waals surface area contributed by atoms with E-state index >= 15 is 0 Å². The first kappa shape index (κ1) is 14.6. The number of alkyl halides is 3. The van der Waals surface area contributed by atoms with Crippen LogP contribution in [0.1, 0.15) is 49.5 Å². The maximum atomic E-state index is 12.5. The molecule has 1 fully saturated rings. The van der Waals surface area contributed by atoms with E-state index in [1.165, 1.54) is 6.07 Å². The van der Waals surface area contributed by atoms with Crippen LogP contribution in [0.2, 0.25) is 5.15 Å². The van der Waals surface area contributed by atoms with Crippen LogP contribution in [0.15, 0.2) is 12.1 Å². The molecular formula is C13H15ClF3NO. The molecule has 1 heterocycles. The SMILES string of the molecule is OC(c1ccc(C(F)(F)F)nc1Cl)C1CCCCC1. The predicted octanol–water partition coefficient (Wildman–Crippen LogP) is 4.37. The van der Waals surface area contributed by atoms with Crippen LogP contribution in [0.3, 0.4) is 0 Å². The molecule has 1 saturated carbocycles. The Bertz CT molecular complexity index is 444. The third kappa shape index (κ3) is 3.39. The van der Waals surface area contributed by atoms with Crippen LogP contribution in [0, 0.1) is 5.92 Å². The van der Waals surface area contributed by atoms with Crippen LogP contribution >= 0.6 is 11.6 Å². The van der Waals surface area contributed by atoms with Gasteiger partial charge in [-0.25, -0.2) is 4.98 Å². The highest BCUT2D eigenvalue weighted by Gasteiger charge is 2.34. The molecule has 1 aromatic heterocycles. The number of nitrogens with zero attached hydrogens (tertiary/aromatic N) is 1. The number of aliphatic hydroxyl groups excluding tert-OH is 1. The zero-order chi connectivity index (χ0) is 14.0. The predicted molar refractivity (Wildman–Crippen MR) is 65.8 cm³/mol. The van der Waals surface area contributed by atoms with Gasteiger partial charge >= 0.3 is 6.18 Å². The quantitative estimate of drug-likeness (QED) is 0.822. The molecule has 106 valence electrons. The van der Waals surface area contributed by atoms with Gasteiger partial charge in [-0.3, -0.25) is 0 Å². The monoisotopic (exact) mass is 293 g/mol. The minimum Gasteiger partial charge on any atom is -0.388 e. The minimum absolute atomic E-state index is 0.0600. The first-order chi connectivity index (χ1) is 8.89. The van der Waals surface area contributed by atoms with E-state index in [0.717, 1.165) is 38.2 Å². The maximum absolute atomic E-state index is 12.5. The molecule has 0 saturated heterocycles. The van der Waals surface area contributed by atoms with Crippen molar-refractivity contribution in [2.45, 2.75) is 44.4 Å². The van der Waals surface area contributed by atoms with Crippen LogP contribution in [0.4, 0.5) is 13.2 Å². The molecule has 19 heavy (non-hydrogen) atoms. The summed E-state index contributed by atoms with van der Waals surface area (Å²) in [7, 11) is 0. The van der Waals surface area contributed by atoms with Gasteiger partial charge in [-0.1, -0.05) is 36.9 Å². The van der Waals surface area contributed by atoms with Crippen molar-refractivity contribution in [3.63, 3.8) is 0 Å². The smallest absolute Gasteiger partial charge is 0.388 e. The number of hydrogen-bond acceptors (Lipinski definition) is 2. The molecular weight excluding hydrogens is 279 g/mol. The number of aliphatic hydroxyl groups is 1. The molecule has 0 radical (unpaired) electrons. The van der Waals surface area contributed by atoms with E-state index in [4.69, 9.17) is 11.6 Å². The summed E-state index contributed by atoms with van der Waals surface area (Å²) in [6, 6.07) is 2.10.